The van der Waals surface area contributed by atoms with Crippen LogP contribution in [0.2, 0.25) is 0 Å². The van der Waals surface area contributed by atoms with Gasteiger partial charge >= 0.3 is 0 Å². The monoisotopic (exact) mass is 306 g/mol. The van der Waals surface area contributed by atoms with Gasteiger partial charge in [-0.1, -0.05) is 23.9 Å². The van der Waals surface area contributed by atoms with Crippen molar-refractivity contribution in [2.45, 2.75) is 5.16 Å². The summed E-state index contributed by atoms with van der Waals surface area (Å²) in [7, 11) is 1.53. The van der Waals surface area contributed by atoms with Crippen LogP contribution in [0.1, 0.15) is 0 Å². The average molecular weight is 306 g/mol. The van der Waals surface area contributed by atoms with Crippen molar-refractivity contribution >= 4 is 29.2 Å². The molecule has 8 heteroatoms. The molecule has 0 fully saturated rings. The Morgan fingerprint density at radius 1 is 1.48 bits per heavy atom. The summed E-state index contributed by atoms with van der Waals surface area (Å²) >= 11 is 1.09. The summed E-state index contributed by atoms with van der Waals surface area (Å²) in [4.78, 5) is 29.5. The van der Waals surface area contributed by atoms with E-state index < -0.39 is 0 Å². The topological polar surface area (TPSA) is 110 Å². The first kappa shape index (κ1) is 14.9. The first-order valence-electron chi connectivity index (χ1n) is 6.01. The molecule has 7 nitrogen and oxygen atoms in total. The standard InChI is InChI=1S/C13H14N4O3S/c1-20-9-5-3-2-4-8(9)15-12(19)7-21-13-16-10(14)6-11(18)17-13/h2-6H,7H2,1H3,(H,15,19)(H3,14,16,17,18). The van der Waals surface area contributed by atoms with Gasteiger partial charge in [0.05, 0.1) is 18.6 Å². The lowest BCUT2D eigenvalue weighted by Crippen LogP contribution is -2.16. The molecular formula is C13H14N4O3S. The third kappa shape index (κ3) is 4.25. The molecule has 21 heavy (non-hydrogen) atoms. The molecule has 1 aromatic heterocycles. The molecule has 0 aliphatic carbocycles. The fraction of sp³-hybridized carbons (Fsp3) is 0.154. The van der Waals surface area contributed by atoms with Crippen LogP contribution in [-0.2, 0) is 4.79 Å². The van der Waals surface area contributed by atoms with E-state index in [0.717, 1.165) is 11.8 Å². The highest BCUT2D eigenvalue weighted by molar-refractivity contribution is 7.99. The number of benzene rings is 1. The quantitative estimate of drug-likeness (QED) is 0.563. The summed E-state index contributed by atoms with van der Waals surface area (Å²) < 4.78 is 5.14. The number of carbonyl (C=O) groups is 1. The Balaban J connectivity index is 1.97. The van der Waals surface area contributed by atoms with Crippen LogP contribution in [0, 0.1) is 0 Å². The van der Waals surface area contributed by atoms with Crippen molar-refractivity contribution in [2.24, 2.45) is 0 Å². The van der Waals surface area contributed by atoms with Crippen molar-refractivity contribution < 1.29 is 9.53 Å². The summed E-state index contributed by atoms with van der Waals surface area (Å²) in [6.45, 7) is 0. The van der Waals surface area contributed by atoms with Gasteiger partial charge in [0.25, 0.3) is 5.56 Å². The highest BCUT2D eigenvalue weighted by atomic mass is 32.2. The smallest absolute Gasteiger partial charge is 0.253 e. The Morgan fingerprint density at radius 3 is 2.95 bits per heavy atom. The number of para-hydroxylation sites is 2. The van der Waals surface area contributed by atoms with E-state index in [1.807, 2.05) is 6.07 Å². The van der Waals surface area contributed by atoms with Gasteiger partial charge in [-0.25, -0.2) is 4.98 Å². The number of carbonyl (C=O) groups excluding carboxylic acids is 1. The van der Waals surface area contributed by atoms with E-state index in [-0.39, 0.29) is 23.0 Å². The van der Waals surface area contributed by atoms with E-state index in [1.54, 1.807) is 18.2 Å². The van der Waals surface area contributed by atoms with Gasteiger partial charge in [0.2, 0.25) is 5.91 Å². The van der Waals surface area contributed by atoms with E-state index in [0.29, 0.717) is 16.6 Å². The highest BCUT2D eigenvalue weighted by Gasteiger charge is 2.08. The van der Waals surface area contributed by atoms with Gasteiger partial charge in [0.1, 0.15) is 11.6 Å². The van der Waals surface area contributed by atoms with Crippen LogP contribution in [0.5, 0.6) is 5.75 Å². The Morgan fingerprint density at radius 2 is 2.24 bits per heavy atom. The summed E-state index contributed by atoms with van der Waals surface area (Å²) in [5.74, 6) is 0.539. The maximum atomic E-state index is 11.9. The number of hydrogen-bond acceptors (Lipinski definition) is 6. The van der Waals surface area contributed by atoms with Gasteiger partial charge in [-0.2, -0.15) is 0 Å². The number of thioether (sulfide) groups is 1. The van der Waals surface area contributed by atoms with Crippen LogP contribution in [0.3, 0.4) is 0 Å². The van der Waals surface area contributed by atoms with E-state index >= 15 is 0 Å². The number of nitrogens with two attached hydrogens (primary N) is 1. The van der Waals surface area contributed by atoms with Crippen molar-refractivity contribution in [1.29, 1.82) is 0 Å². The number of H-pyrrole nitrogens is 1. The Labute approximate surface area is 124 Å². The zero-order valence-electron chi connectivity index (χ0n) is 11.3. The molecule has 1 heterocycles. The zero-order chi connectivity index (χ0) is 15.2. The van der Waals surface area contributed by atoms with Crippen molar-refractivity contribution in [2.75, 3.05) is 23.9 Å². The number of anilines is 2. The fourth-order valence-electron chi connectivity index (χ4n) is 1.59. The number of nitrogens with one attached hydrogen (secondary N) is 2. The number of methoxy groups -OCH3 is 1. The Bertz CT molecular complexity index is 702. The molecule has 4 N–H and O–H groups in total. The molecule has 2 aromatic rings. The molecule has 0 unspecified atom stereocenters. The van der Waals surface area contributed by atoms with Gasteiger partial charge < -0.3 is 20.8 Å². The second-order valence-electron chi connectivity index (χ2n) is 4.01. The van der Waals surface area contributed by atoms with E-state index in [9.17, 15) is 9.59 Å². The lowest BCUT2D eigenvalue weighted by atomic mass is 10.3. The molecule has 0 spiro atoms. The molecule has 0 saturated heterocycles. The summed E-state index contributed by atoms with van der Waals surface area (Å²) in [6, 6.07) is 8.27. The van der Waals surface area contributed by atoms with Crippen molar-refractivity contribution in [3.8, 4) is 5.75 Å². The lowest BCUT2D eigenvalue weighted by molar-refractivity contribution is -0.113. The zero-order valence-corrected chi connectivity index (χ0v) is 12.1. The second kappa shape index (κ2) is 6.80. The van der Waals surface area contributed by atoms with Gasteiger partial charge in [0, 0.05) is 6.07 Å². The maximum absolute atomic E-state index is 11.9. The maximum Gasteiger partial charge on any atom is 0.253 e. The third-order valence-electron chi connectivity index (χ3n) is 2.46. The van der Waals surface area contributed by atoms with Crippen LogP contribution in [-0.4, -0.2) is 28.7 Å². The third-order valence-corrected chi connectivity index (χ3v) is 3.33. The van der Waals surface area contributed by atoms with Crippen molar-refractivity contribution in [3.05, 3.63) is 40.7 Å². The Hall–Kier alpha value is -2.48. The number of ether oxygens (including phenoxy) is 1. The summed E-state index contributed by atoms with van der Waals surface area (Å²) in [5.41, 5.74) is 5.70. The molecule has 1 aromatic carbocycles. The molecule has 0 atom stereocenters. The largest absolute Gasteiger partial charge is 0.495 e. The molecule has 110 valence electrons. The number of nitrogens with zero attached hydrogens (tertiary/aromatic N) is 1. The first-order valence-corrected chi connectivity index (χ1v) is 6.99. The molecule has 1 amide bonds. The SMILES string of the molecule is COc1ccccc1NC(=O)CSc1nc(N)cc(=O)[nH]1. The minimum Gasteiger partial charge on any atom is -0.495 e. The predicted octanol–water partition coefficient (Wildman–Crippen LogP) is 1.09. The lowest BCUT2D eigenvalue weighted by Gasteiger charge is -2.09. The minimum atomic E-state index is -0.352. The first-order chi connectivity index (χ1) is 10.1. The molecular weight excluding hydrogens is 292 g/mol. The highest BCUT2D eigenvalue weighted by Crippen LogP contribution is 2.23. The molecule has 0 aliphatic rings. The van der Waals surface area contributed by atoms with Crippen LogP contribution in [0.15, 0.2) is 40.3 Å². The van der Waals surface area contributed by atoms with E-state index in [2.05, 4.69) is 15.3 Å². The van der Waals surface area contributed by atoms with Crippen LogP contribution in [0.25, 0.3) is 0 Å². The fourth-order valence-corrected chi connectivity index (χ4v) is 2.27. The number of hydrogen-bond donors (Lipinski definition) is 3. The minimum absolute atomic E-state index is 0.0877. The van der Waals surface area contributed by atoms with Crippen LogP contribution in [0.4, 0.5) is 11.5 Å². The van der Waals surface area contributed by atoms with Crippen molar-refractivity contribution in [3.63, 3.8) is 0 Å². The predicted molar refractivity (Wildman–Crippen MR) is 81.6 cm³/mol. The van der Waals surface area contributed by atoms with Gasteiger partial charge in [-0.05, 0) is 12.1 Å². The second-order valence-corrected chi connectivity index (χ2v) is 4.98. The summed E-state index contributed by atoms with van der Waals surface area (Å²) in [5, 5.41) is 3.03. The number of rotatable bonds is 5. The molecule has 0 bridgehead atoms. The van der Waals surface area contributed by atoms with Gasteiger partial charge in [0.15, 0.2) is 5.16 Å². The number of aromatic amines is 1. The summed E-state index contributed by atoms with van der Waals surface area (Å²) in [6.07, 6.45) is 0. The number of nitrogen functional groups attached to an aromatic ring is 1. The van der Waals surface area contributed by atoms with E-state index in [4.69, 9.17) is 10.5 Å². The van der Waals surface area contributed by atoms with Crippen LogP contribution < -0.4 is 21.3 Å². The van der Waals surface area contributed by atoms with E-state index in [1.165, 1.54) is 13.2 Å². The van der Waals surface area contributed by atoms with Gasteiger partial charge in [-0.15, -0.1) is 0 Å². The molecule has 0 radical (unpaired) electrons. The van der Waals surface area contributed by atoms with Crippen LogP contribution >= 0.6 is 11.8 Å². The number of amides is 1. The van der Waals surface area contributed by atoms with Gasteiger partial charge in [-0.3, -0.25) is 9.59 Å². The normalized spacial score (nSPS) is 10.1. The average Bonchev–Trinajstić information content (AvgIpc) is 2.45. The Kier molecular flexibility index (Phi) is 4.83. The number of aromatic nitrogens is 2. The van der Waals surface area contributed by atoms with Crippen molar-refractivity contribution in [1.82, 2.24) is 9.97 Å². The molecule has 2 rings (SSSR count). The molecule has 0 saturated carbocycles. The molecule has 0 aliphatic heterocycles.